The Balaban J connectivity index is 0.00000261. The van der Waals surface area contributed by atoms with Crippen molar-refractivity contribution in [2.75, 3.05) is 26.2 Å². The van der Waals surface area contributed by atoms with Crippen LogP contribution in [0.3, 0.4) is 0 Å². The largest absolute Gasteiger partial charge is 0.342 e. The van der Waals surface area contributed by atoms with Crippen LogP contribution in [-0.2, 0) is 14.8 Å². The number of carbonyl (C=O) groups is 1. The first-order valence-corrected chi connectivity index (χ1v) is 10.9. The van der Waals surface area contributed by atoms with Gasteiger partial charge >= 0.3 is 0 Å². The molecule has 0 bridgehead atoms. The summed E-state index contributed by atoms with van der Waals surface area (Å²) in [6.07, 6.45) is 3.49. The van der Waals surface area contributed by atoms with E-state index in [0.717, 1.165) is 25.8 Å². The smallest absolute Gasteiger partial charge is 0.243 e. The van der Waals surface area contributed by atoms with Gasteiger partial charge in [-0.25, -0.2) is 8.42 Å². The molecule has 1 aromatic carbocycles. The summed E-state index contributed by atoms with van der Waals surface area (Å²) >= 11 is 0. The highest BCUT2D eigenvalue weighted by Gasteiger charge is 2.36. The van der Waals surface area contributed by atoms with E-state index in [1.807, 2.05) is 11.8 Å². The van der Waals surface area contributed by atoms with Crippen LogP contribution < -0.4 is 5.73 Å². The summed E-state index contributed by atoms with van der Waals surface area (Å²) in [5.41, 5.74) is 6.03. The zero-order valence-electron chi connectivity index (χ0n) is 15.8. The molecule has 152 valence electrons. The van der Waals surface area contributed by atoms with Crippen molar-refractivity contribution < 1.29 is 13.2 Å². The summed E-state index contributed by atoms with van der Waals surface area (Å²) < 4.78 is 27.2. The molecule has 2 saturated heterocycles. The molecule has 0 aromatic heterocycles. The standard InChI is InChI=1S/C19H29N3O3S.ClH/c1-15(20)16-7-5-11-21(13-16)19(23)17-8-6-12-22(14-17)26(24,25)18-9-3-2-4-10-18;/h2-4,9-10,15-17H,5-8,11-14,20H2,1H3;1H. The first kappa shape index (κ1) is 22.1. The van der Waals surface area contributed by atoms with Crippen LogP contribution in [0, 0.1) is 11.8 Å². The number of hydrogen-bond acceptors (Lipinski definition) is 4. The summed E-state index contributed by atoms with van der Waals surface area (Å²) in [5.74, 6) is 0.165. The average molecular weight is 416 g/mol. The molecule has 2 fully saturated rings. The number of carbonyl (C=O) groups excluding carboxylic acids is 1. The van der Waals surface area contributed by atoms with E-state index in [1.54, 1.807) is 30.3 Å². The lowest BCUT2D eigenvalue weighted by atomic mass is 9.90. The van der Waals surface area contributed by atoms with Crippen LogP contribution in [0.1, 0.15) is 32.6 Å². The molecule has 2 N–H and O–H groups in total. The lowest BCUT2D eigenvalue weighted by Crippen LogP contribution is -2.50. The van der Waals surface area contributed by atoms with Crippen LogP contribution in [0.5, 0.6) is 0 Å². The Morgan fingerprint density at radius 1 is 1.11 bits per heavy atom. The second-order valence-corrected chi connectivity index (χ2v) is 9.50. The maximum atomic E-state index is 13.0. The zero-order valence-corrected chi connectivity index (χ0v) is 17.4. The van der Waals surface area contributed by atoms with E-state index in [9.17, 15) is 13.2 Å². The van der Waals surface area contributed by atoms with Gasteiger partial charge in [0.15, 0.2) is 0 Å². The van der Waals surface area contributed by atoms with Crippen LogP contribution in [0.4, 0.5) is 0 Å². The summed E-state index contributed by atoms with van der Waals surface area (Å²) in [6.45, 7) is 4.19. The molecule has 3 rings (SSSR count). The first-order chi connectivity index (χ1) is 12.4. The molecule has 3 unspecified atom stereocenters. The number of rotatable bonds is 4. The van der Waals surface area contributed by atoms with Crippen LogP contribution in [0.15, 0.2) is 35.2 Å². The number of halogens is 1. The van der Waals surface area contributed by atoms with Crippen molar-refractivity contribution in [1.82, 2.24) is 9.21 Å². The fourth-order valence-electron chi connectivity index (χ4n) is 4.00. The summed E-state index contributed by atoms with van der Waals surface area (Å²) in [4.78, 5) is 15.2. The number of benzene rings is 1. The summed E-state index contributed by atoms with van der Waals surface area (Å²) in [6, 6.07) is 8.54. The molecule has 27 heavy (non-hydrogen) atoms. The van der Waals surface area contributed by atoms with Gasteiger partial charge in [0.25, 0.3) is 0 Å². The van der Waals surface area contributed by atoms with Crippen molar-refractivity contribution in [3.05, 3.63) is 30.3 Å². The second-order valence-electron chi connectivity index (χ2n) is 7.56. The van der Waals surface area contributed by atoms with Gasteiger partial charge in [0.1, 0.15) is 0 Å². The van der Waals surface area contributed by atoms with Crippen LogP contribution in [0.25, 0.3) is 0 Å². The predicted octanol–water partition coefficient (Wildman–Crippen LogP) is 2.09. The fourth-order valence-corrected chi connectivity index (χ4v) is 5.55. The topological polar surface area (TPSA) is 83.7 Å². The minimum absolute atomic E-state index is 0. The van der Waals surface area contributed by atoms with E-state index >= 15 is 0 Å². The van der Waals surface area contributed by atoms with E-state index in [2.05, 4.69) is 0 Å². The third-order valence-corrected chi connectivity index (χ3v) is 7.51. The fraction of sp³-hybridized carbons (Fsp3) is 0.632. The molecule has 6 nitrogen and oxygen atoms in total. The van der Waals surface area contributed by atoms with Gasteiger partial charge in [-0.3, -0.25) is 4.79 Å². The maximum absolute atomic E-state index is 13.0. The minimum Gasteiger partial charge on any atom is -0.342 e. The van der Waals surface area contributed by atoms with Crippen molar-refractivity contribution >= 4 is 28.3 Å². The molecule has 2 aliphatic rings. The third kappa shape index (κ3) is 5.02. The molecule has 0 aliphatic carbocycles. The zero-order chi connectivity index (χ0) is 18.7. The van der Waals surface area contributed by atoms with E-state index in [4.69, 9.17) is 5.73 Å². The molecule has 0 saturated carbocycles. The van der Waals surface area contributed by atoms with Gasteiger partial charge in [0, 0.05) is 32.2 Å². The first-order valence-electron chi connectivity index (χ1n) is 9.49. The molecule has 0 spiro atoms. The highest BCUT2D eigenvalue weighted by Crippen LogP contribution is 2.27. The van der Waals surface area contributed by atoms with Crippen LogP contribution in [-0.4, -0.2) is 55.8 Å². The van der Waals surface area contributed by atoms with Gasteiger partial charge in [0.05, 0.1) is 10.8 Å². The Hall–Kier alpha value is -1.15. The number of nitrogens with two attached hydrogens (primary N) is 1. The molecule has 1 aromatic rings. The van der Waals surface area contributed by atoms with E-state index in [1.165, 1.54) is 4.31 Å². The lowest BCUT2D eigenvalue weighted by Gasteiger charge is -2.39. The normalized spacial score (nSPS) is 25.5. The highest BCUT2D eigenvalue weighted by atomic mass is 35.5. The number of nitrogens with zero attached hydrogens (tertiary/aromatic N) is 2. The van der Waals surface area contributed by atoms with Crippen molar-refractivity contribution in [1.29, 1.82) is 0 Å². The van der Waals surface area contributed by atoms with Gasteiger partial charge in [-0.15, -0.1) is 12.4 Å². The van der Waals surface area contributed by atoms with Gasteiger partial charge < -0.3 is 10.6 Å². The summed E-state index contributed by atoms with van der Waals surface area (Å²) in [7, 11) is -3.54. The van der Waals surface area contributed by atoms with Gasteiger partial charge in [0.2, 0.25) is 15.9 Å². The average Bonchev–Trinajstić information content (AvgIpc) is 2.68. The molecule has 1 amide bonds. The lowest BCUT2D eigenvalue weighted by molar-refractivity contribution is -0.138. The second kappa shape index (κ2) is 9.37. The van der Waals surface area contributed by atoms with Gasteiger partial charge in [-0.05, 0) is 50.7 Å². The van der Waals surface area contributed by atoms with Crippen molar-refractivity contribution in [2.45, 2.75) is 43.5 Å². The van der Waals surface area contributed by atoms with Gasteiger partial charge in [-0.2, -0.15) is 4.31 Å². The number of likely N-dealkylation sites (tertiary alicyclic amines) is 1. The Bertz CT molecular complexity index is 727. The molecule has 0 radical (unpaired) electrons. The van der Waals surface area contributed by atoms with Crippen molar-refractivity contribution in [3.63, 3.8) is 0 Å². The Kier molecular flexibility index (Phi) is 7.68. The van der Waals surface area contributed by atoms with Crippen LogP contribution >= 0.6 is 12.4 Å². The number of hydrogen-bond donors (Lipinski definition) is 1. The quantitative estimate of drug-likeness (QED) is 0.816. The predicted molar refractivity (Wildman–Crippen MR) is 108 cm³/mol. The highest BCUT2D eigenvalue weighted by molar-refractivity contribution is 7.89. The number of amides is 1. The molecule has 8 heteroatoms. The number of sulfonamides is 1. The van der Waals surface area contributed by atoms with Crippen molar-refractivity contribution in [2.24, 2.45) is 17.6 Å². The van der Waals surface area contributed by atoms with Gasteiger partial charge in [-0.1, -0.05) is 18.2 Å². The third-order valence-electron chi connectivity index (χ3n) is 5.63. The SMILES string of the molecule is CC(N)C1CCCN(C(=O)C2CCCN(S(=O)(=O)c3ccccc3)C2)C1.Cl. The molecular formula is C19H30ClN3O3S. The number of piperidine rings is 2. The van der Waals surface area contributed by atoms with E-state index < -0.39 is 10.0 Å². The molecule has 2 aliphatic heterocycles. The van der Waals surface area contributed by atoms with E-state index in [-0.39, 0.29) is 36.8 Å². The molecule has 3 atom stereocenters. The maximum Gasteiger partial charge on any atom is 0.243 e. The Labute approximate surface area is 168 Å². The van der Waals surface area contributed by atoms with Crippen LogP contribution in [0.2, 0.25) is 0 Å². The molecular weight excluding hydrogens is 386 g/mol. The summed E-state index contributed by atoms with van der Waals surface area (Å²) in [5, 5.41) is 0. The minimum atomic E-state index is -3.54. The molecule has 2 heterocycles. The monoisotopic (exact) mass is 415 g/mol. The van der Waals surface area contributed by atoms with E-state index in [0.29, 0.717) is 30.3 Å². The Morgan fingerprint density at radius 3 is 2.44 bits per heavy atom. The van der Waals surface area contributed by atoms with Crippen molar-refractivity contribution in [3.8, 4) is 0 Å². The Morgan fingerprint density at radius 2 is 1.78 bits per heavy atom.